The van der Waals surface area contributed by atoms with E-state index in [4.69, 9.17) is 0 Å². The lowest BCUT2D eigenvalue weighted by atomic mass is 9.54. The zero-order valence-electron chi connectivity index (χ0n) is 13.7. The predicted molar refractivity (Wildman–Crippen MR) is 87.5 cm³/mol. The number of benzene rings is 1. The third kappa shape index (κ3) is 2.67. The topological polar surface area (TPSA) is 40.5 Å². The van der Waals surface area contributed by atoms with Gasteiger partial charge < -0.3 is 10.0 Å². The lowest BCUT2D eigenvalue weighted by Crippen LogP contribution is -2.65. The number of likely N-dealkylation sites (tertiary alicyclic amines) is 1. The molecule has 0 aromatic heterocycles. The minimum atomic E-state index is -0.198. The van der Waals surface area contributed by atoms with E-state index in [9.17, 15) is 9.90 Å². The SMILES string of the molecule is CC[C@H](CO)C(=O)N1CC2(CC([C@@H](C)c3ccccc3)C2)C1. The molecule has 0 radical (unpaired) electrons. The fourth-order valence-corrected chi connectivity index (χ4v) is 4.25. The summed E-state index contributed by atoms with van der Waals surface area (Å²) < 4.78 is 0. The molecule has 1 saturated carbocycles. The van der Waals surface area contributed by atoms with Crippen molar-refractivity contribution in [3.05, 3.63) is 35.9 Å². The molecule has 22 heavy (non-hydrogen) atoms. The Bertz CT molecular complexity index is 509. The minimum absolute atomic E-state index is 0.0213. The second-order valence-electron chi connectivity index (χ2n) is 7.35. The number of rotatable bonds is 5. The van der Waals surface area contributed by atoms with Crippen molar-refractivity contribution in [1.82, 2.24) is 4.90 Å². The van der Waals surface area contributed by atoms with Gasteiger partial charge in [-0.1, -0.05) is 44.2 Å². The van der Waals surface area contributed by atoms with Crippen LogP contribution in [0.1, 0.15) is 44.6 Å². The first kappa shape index (κ1) is 15.5. The average Bonchev–Trinajstić information content (AvgIpc) is 2.46. The molecule has 2 fully saturated rings. The minimum Gasteiger partial charge on any atom is -0.396 e. The highest BCUT2D eigenvalue weighted by Gasteiger charge is 2.54. The normalized spacial score (nSPS) is 22.8. The van der Waals surface area contributed by atoms with Gasteiger partial charge in [0.05, 0.1) is 12.5 Å². The van der Waals surface area contributed by atoms with E-state index in [-0.39, 0.29) is 18.4 Å². The maximum atomic E-state index is 12.2. The number of hydrogen-bond donors (Lipinski definition) is 1. The number of hydrogen-bond acceptors (Lipinski definition) is 2. The number of aliphatic hydroxyl groups excluding tert-OH is 1. The highest BCUT2D eigenvalue weighted by molar-refractivity contribution is 5.80. The summed E-state index contributed by atoms with van der Waals surface area (Å²) in [6.07, 6.45) is 3.21. The summed E-state index contributed by atoms with van der Waals surface area (Å²) in [5, 5.41) is 9.26. The lowest BCUT2D eigenvalue weighted by Gasteiger charge is -2.60. The number of aliphatic hydroxyl groups is 1. The molecule has 1 saturated heterocycles. The molecule has 2 atom stereocenters. The van der Waals surface area contributed by atoms with Crippen molar-refractivity contribution in [1.29, 1.82) is 0 Å². The summed E-state index contributed by atoms with van der Waals surface area (Å²) in [7, 11) is 0. The van der Waals surface area contributed by atoms with Crippen LogP contribution in [0.4, 0.5) is 0 Å². The Hall–Kier alpha value is -1.35. The molecule has 0 bridgehead atoms. The van der Waals surface area contributed by atoms with Crippen LogP contribution < -0.4 is 0 Å². The third-order valence-corrected chi connectivity index (χ3v) is 5.85. The largest absolute Gasteiger partial charge is 0.396 e. The molecule has 0 unspecified atom stereocenters. The Labute approximate surface area is 133 Å². The van der Waals surface area contributed by atoms with Crippen LogP contribution in [-0.2, 0) is 4.79 Å². The molecule has 1 aromatic carbocycles. The molecule has 1 amide bonds. The summed E-state index contributed by atoms with van der Waals surface area (Å²) >= 11 is 0. The van der Waals surface area contributed by atoms with Gasteiger partial charge in [0, 0.05) is 18.5 Å². The van der Waals surface area contributed by atoms with Crippen molar-refractivity contribution in [2.24, 2.45) is 17.3 Å². The van der Waals surface area contributed by atoms with Crippen molar-refractivity contribution < 1.29 is 9.90 Å². The van der Waals surface area contributed by atoms with Gasteiger partial charge in [-0.25, -0.2) is 0 Å². The van der Waals surface area contributed by atoms with E-state index in [1.807, 2.05) is 11.8 Å². The van der Waals surface area contributed by atoms with Crippen LogP contribution in [0.2, 0.25) is 0 Å². The number of nitrogens with zero attached hydrogens (tertiary/aromatic N) is 1. The second-order valence-corrected chi connectivity index (χ2v) is 7.35. The van der Waals surface area contributed by atoms with E-state index in [1.165, 1.54) is 18.4 Å². The first-order valence-corrected chi connectivity index (χ1v) is 8.53. The number of amides is 1. The maximum absolute atomic E-state index is 12.2. The van der Waals surface area contributed by atoms with Crippen LogP contribution >= 0.6 is 0 Å². The van der Waals surface area contributed by atoms with Crippen LogP contribution in [0.3, 0.4) is 0 Å². The third-order valence-electron chi connectivity index (χ3n) is 5.85. The number of carbonyl (C=O) groups excluding carboxylic acids is 1. The molecule has 120 valence electrons. The van der Waals surface area contributed by atoms with E-state index in [0.29, 0.717) is 11.3 Å². The van der Waals surface area contributed by atoms with Gasteiger partial charge in [-0.15, -0.1) is 0 Å². The van der Waals surface area contributed by atoms with Gasteiger partial charge in [0.25, 0.3) is 0 Å². The summed E-state index contributed by atoms with van der Waals surface area (Å²) in [4.78, 5) is 14.2. The van der Waals surface area contributed by atoms with Gasteiger partial charge in [0.15, 0.2) is 0 Å². The van der Waals surface area contributed by atoms with Crippen molar-refractivity contribution in [3.8, 4) is 0 Å². The Morgan fingerprint density at radius 2 is 1.95 bits per heavy atom. The van der Waals surface area contributed by atoms with Gasteiger partial charge in [-0.2, -0.15) is 0 Å². The second kappa shape index (κ2) is 6.04. The van der Waals surface area contributed by atoms with E-state index in [2.05, 4.69) is 37.3 Å². The lowest BCUT2D eigenvalue weighted by molar-refractivity contribution is -0.161. The van der Waals surface area contributed by atoms with Gasteiger partial charge in [0.1, 0.15) is 0 Å². The van der Waals surface area contributed by atoms with Crippen LogP contribution in [0, 0.1) is 17.3 Å². The molecular weight excluding hydrogens is 274 g/mol. The standard InChI is InChI=1S/C19H27NO2/c1-3-15(11-21)18(22)20-12-19(13-20)9-17(10-19)14(2)16-7-5-4-6-8-16/h4-8,14-15,17,21H,3,9-13H2,1-2H3/t14-,15+/m0/s1. The van der Waals surface area contributed by atoms with E-state index in [1.54, 1.807) is 0 Å². The Balaban J connectivity index is 1.50. The average molecular weight is 301 g/mol. The van der Waals surface area contributed by atoms with Crippen LogP contribution in [0.15, 0.2) is 30.3 Å². The Morgan fingerprint density at radius 1 is 1.32 bits per heavy atom. The zero-order chi connectivity index (χ0) is 15.7. The smallest absolute Gasteiger partial charge is 0.228 e. The molecule has 3 rings (SSSR count). The van der Waals surface area contributed by atoms with E-state index < -0.39 is 0 Å². The quantitative estimate of drug-likeness (QED) is 0.908. The molecule has 1 aliphatic heterocycles. The van der Waals surface area contributed by atoms with Crippen LogP contribution in [-0.4, -0.2) is 35.6 Å². The highest BCUT2D eigenvalue weighted by Crippen LogP contribution is 2.56. The summed E-state index contributed by atoms with van der Waals surface area (Å²) in [5.41, 5.74) is 1.82. The maximum Gasteiger partial charge on any atom is 0.228 e. The molecule has 1 aliphatic carbocycles. The monoisotopic (exact) mass is 301 g/mol. The molecule has 2 aliphatic rings. The zero-order valence-corrected chi connectivity index (χ0v) is 13.7. The summed E-state index contributed by atoms with van der Waals surface area (Å²) in [6, 6.07) is 10.7. The van der Waals surface area contributed by atoms with Gasteiger partial charge in [-0.05, 0) is 36.7 Å². The van der Waals surface area contributed by atoms with Gasteiger partial charge >= 0.3 is 0 Å². The fraction of sp³-hybridized carbons (Fsp3) is 0.632. The van der Waals surface area contributed by atoms with Crippen molar-refractivity contribution >= 4 is 5.91 Å². The summed E-state index contributed by atoms with van der Waals surface area (Å²) in [5.74, 6) is 1.31. The molecule has 1 spiro atoms. The Kier molecular flexibility index (Phi) is 4.26. The van der Waals surface area contributed by atoms with Crippen molar-refractivity contribution in [3.63, 3.8) is 0 Å². The molecule has 3 nitrogen and oxygen atoms in total. The molecule has 3 heteroatoms. The van der Waals surface area contributed by atoms with Crippen LogP contribution in [0.25, 0.3) is 0 Å². The molecule has 1 heterocycles. The predicted octanol–water partition coefficient (Wildman–Crippen LogP) is 3.05. The van der Waals surface area contributed by atoms with Crippen molar-refractivity contribution in [2.45, 2.75) is 39.0 Å². The van der Waals surface area contributed by atoms with E-state index in [0.717, 1.165) is 25.4 Å². The summed E-state index contributed by atoms with van der Waals surface area (Å²) in [6.45, 7) is 6.08. The number of carbonyl (C=O) groups is 1. The van der Waals surface area contributed by atoms with Crippen LogP contribution in [0.5, 0.6) is 0 Å². The first-order valence-electron chi connectivity index (χ1n) is 8.53. The van der Waals surface area contributed by atoms with Gasteiger partial charge in [0.2, 0.25) is 5.91 Å². The fourth-order valence-electron chi connectivity index (χ4n) is 4.25. The molecule has 1 aromatic rings. The first-order chi connectivity index (χ1) is 10.6. The van der Waals surface area contributed by atoms with Gasteiger partial charge in [-0.3, -0.25) is 4.79 Å². The molecule has 1 N–H and O–H groups in total. The van der Waals surface area contributed by atoms with E-state index >= 15 is 0 Å². The van der Waals surface area contributed by atoms with Crippen molar-refractivity contribution in [2.75, 3.05) is 19.7 Å². The Morgan fingerprint density at radius 3 is 2.50 bits per heavy atom. The molecular formula is C19H27NO2. The highest BCUT2D eigenvalue weighted by atomic mass is 16.3.